The van der Waals surface area contributed by atoms with Crippen molar-refractivity contribution < 1.29 is 14.4 Å². The molecule has 1 aliphatic heterocycles. The Kier molecular flexibility index (Phi) is 6.81. The van der Waals surface area contributed by atoms with Gasteiger partial charge >= 0.3 is 6.03 Å². The van der Waals surface area contributed by atoms with E-state index >= 15 is 0 Å². The first kappa shape index (κ1) is 21.6. The highest BCUT2D eigenvalue weighted by atomic mass is 32.1. The van der Waals surface area contributed by atoms with Crippen molar-refractivity contribution in [3.8, 4) is 0 Å². The van der Waals surface area contributed by atoms with E-state index in [2.05, 4.69) is 16.0 Å². The van der Waals surface area contributed by atoms with E-state index in [1.807, 2.05) is 41.8 Å². The first-order valence-electron chi connectivity index (χ1n) is 10.5. The fourth-order valence-corrected chi connectivity index (χ4v) is 4.24. The third kappa shape index (κ3) is 5.53. The van der Waals surface area contributed by atoms with Crippen LogP contribution in [0.15, 0.2) is 72.1 Å². The van der Waals surface area contributed by atoms with Gasteiger partial charge in [0.25, 0.3) is 5.91 Å². The van der Waals surface area contributed by atoms with E-state index in [1.165, 1.54) is 11.3 Å². The lowest BCUT2D eigenvalue weighted by atomic mass is 9.97. The number of urea groups is 1. The third-order valence-corrected chi connectivity index (χ3v) is 6.11. The summed E-state index contributed by atoms with van der Waals surface area (Å²) < 4.78 is 0. The number of piperidine rings is 1. The van der Waals surface area contributed by atoms with E-state index in [9.17, 15) is 14.4 Å². The summed E-state index contributed by atoms with van der Waals surface area (Å²) in [7, 11) is 0. The van der Waals surface area contributed by atoms with Crippen molar-refractivity contribution >= 4 is 46.2 Å². The van der Waals surface area contributed by atoms with E-state index in [0.29, 0.717) is 29.3 Å². The molecule has 1 fully saturated rings. The van der Waals surface area contributed by atoms with E-state index < -0.39 is 0 Å². The molecule has 2 heterocycles. The molecule has 1 aliphatic rings. The normalized spacial score (nSPS) is 15.6. The van der Waals surface area contributed by atoms with Crippen LogP contribution >= 0.6 is 11.3 Å². The highest BCUT2D eigenvalue weighted by Gasteiger charge is 2.28. The van der Waals surface area contributed by atoms with Gasteiger partial charge in [0.05, 0.1) is 10.8 Å². The first-order chi connectivity index (χ1) is 15.6. The molecule has 0 saturated carbocycles. The summed E-state index contributed by atoms with van der Waals surface area (Å²) in [6, 6.07) is 19.7. The second-order valence-corrected chi connectivity index (χ2v) is 8.53. The zero-order valence-electron chi connectivity index (χ0n) is 17.4. The molecule has 7 nitrogen and oxygen atoms in total. The Morgan fingerprint density at radius 1 is 0.844 bits per heavy atom. The zero-order chi connectivity index (χ0) is 22.3. The summed E-state index contributed by atoms with van der Waals surface area (Å²) in [5.74, 6) is -0.616. The fraction of sp³-hybridized carbons (Fsp3) is 0.208. The average Bonchev–Trinajstić information content (AvgIpc) is 3.35. The molecule has 3 aromatic rings. The van der Waals surface area contributed by atoms with Gasteiger partial charge < -0.3 is 20.9 Å². The molecule has 32 heavy (non-hydrogen) atoms. The smallest absolute Gasteiger partial charge is 0.321 e. The van der Waals surface area contributed by atoms with Gasteiger partial charge in [-0.15, -0.1) is 11.3 Å². The molecule has 1 saturated heterocycles. The second kappa shape index (κ2) is 10.1. The first-order valence-corrected chi connectivity index (χ1v) is 11.3. The van der Waals surface area contributed by atoms with E-state index in [0.717, 1.165) is 18.5 Å². The Hall–Kier alpha value is -3.65. The quantitative estimate of drug-likeness (QED) is 0.519. The van der Waals surface area contributed by atoms with Crippen LogP contribution in [-0.4, -0.2) is 35.8 Å². The molecule has 4 amide bonds. The van der Waals surface area contributed by atoms with Crippen LogP contribution in [0.25, 0.3) is 0 Å². The predicted molar refractivity (Wildman–Crippen MR) is 127 cm³/mol. The molecule has 0 bridgehead atoms. The number of likely N-dealkylation sites (tertiary alicyclic amines) is 1. The topological polar surface area (TPSA) is 90.5 Å². The number of amides is 4. The van der Waals surface area contributed by atoms with Crippen LogP contribution in [0.1, 0.15) is 22.5 Å². The molecule has 1 aromatic heterocycles. The molecule has 3 N–H and O–H groups in total. The van der Waals surface area contributed by atoms with Crippen LogP contribution in [0.4, 0.5) is 21.9 Å². The maximum absolute atomic E-state index is 12.9. The molecule has 0 spiro atoms. The van der Waals surface area contributed by atoms with Gasteiger partial charge in [-0.2, -0.15) is 0 Å². The van der Waals surface area contributed by atoms with Gasteiger partial charge in [0.15, 0.2) is 0 Å². The number of anilines is 3. The van der Waals surface area contributed by atoms with Gasteiger partial charge in [-0.1, -0.05) is 30.3 Å². The van der Waals surface area contributed by atoms with Crippen LogP contribution in [0.5, 0.6) is 0 Å². The van der Waals surface area contributed by atoms with Crippen LogP contribution in [0.2, 0.25) is 0 Å². The lowest BCUT2D eigenvalue weighted by Gasteiger charge is -2.32. The lowest BCUT2D eigenvalue weighted by molar-refractivity contribution is -0.121. The van der Waals surface area contributed by atoms with E-state index in [4.69, 9.17) is 0 Å². The summed E-state index contributed by atoms with van der Waals surface area (Å²) in [6.07, 6.45) is 1.48. The van der Waals surface area contributed by atoms with Crippen LogP contribution in [-0.2, 0) is 4.79 Å². The molecule has 2 aromatic carbocycles. The number of carbonyl (C=O) groups is 3. The maximum Gasteiger partial charge on any atom is 0.321 e. The van der Waals surface area contributed by atoms with Gasteiger partial charge in [-0.05, 0) is 54.6 Å². The lowest BCUT2D eigenvalue weighted by Crippen LogP contribution is -2.45. The molecule has 0 radical (unpaired) electrons. The van der Waals surface area contributed by atoms with Crippen molar-refractivity contribution in [2.24, 2.45) is 5.92 Å². The molecule has 0 aliphatic carbocycles. The number of hydrogen-bond donors (Lipinski definition) is 3. The molecular formula is C24H24N4O3S. The summed E-state index contributed by atoms with van der Waals surface area (Å²) in [6.45, 7) is 0.978. The Balaban J connectivity index is 1.34. The van der Waals surface area contributed by atoms with Crippen LogP contribution < -0.4 is 16.0 Å². The molecule has 0 unspecified atom stereocenters. The number of nitrogens with zero attached hydrogens (tertiary/aromatic N) is 1. The molecule has 1 atom stereocenters. The van der Waals surface area contributed by atoms with Crippen LogP contribution in [0.3, 0.4) is 0 Å². The average molecular weight is 449 g/mol. The Morgan fingerprint density at radius 3 is 2.34 bits per heavy atom. The highest BCUT2D eigenvalue weighted by Crippen LogP contribution is 2.22. The predicted octanol–water partition coefficient (Wildman–Crippen LogP) is 4.88. The largest absolute Gasteiger partial charge is 0.326 e. The van der Waals surface area contributed by atoms with Gasteiger partial charge in [0.1, 0.15) is 0 Å². The standard InChI is InChI=1S/C24H24N4O3S/c29-22(17-7-5-13-28(16-17)24(31)27-18-8-2-1-3-9-18)25-19-10-4-11-20(15-19)26-23(30)21-12-6-14-32-21/h1-4,6,8-12,14-15,17H,5,7,13,16H2,(H,25,29)(H,26,30)(H,27,31)/t17-/m1/s1. The number of rotatable bonds is 5. The van der Waals surface area contributed by atoms with Crippen molar-refractivity contribution in [3.63, 3.8) is 0 Å². The Bertz CT molecular complexity index is 1090. The van der Waals surface area contributed by atoms with E-state index in [1.54, 1.807) is 35.2 Å². The third-order valence-electron chi connectivity index (χ3n) is 5.24. The number of carbonyl (C=O) groups excluding carboxylic acids is 3. The van der Waals surface area contributed by atoms with E-state index in [-0.39, 0.29) is 23.8 Å². The fourth-order valence-electron chi connectivity index (χ4n) is 3.62. The van der Waals surface area contributed by atoms with Gasteiger partial charge in [0, 0.05) is 30.2 Å². The van der Waals surface area contributed by atoms with Crippen molar-refractivity contribution in [1.29, 1.82) is 0 Å². The second-order valence-electron chi connectivity index (χ2n) is 7.58. The van der Waals surface area contributed by atoms with Crippen molar-refractivity contribution in [3.05, 3.63) is 77.0 Å². The minimum atomic E-state index is -0.297. The number of thiophene rings is 1. The monoisotopic (exact) mass is 448 g/mol. The molecule has 8 heteroatoms. The minimum absolute atomic E-state index is 0.135. The number of hydrogen-bond acceptors (Lipinski definition) is 4. The summed E-state index contributed by atoms with van der Waals surface area (Å²) in [5.41, 5.74) is 1.93. The number of benzene rings is 2. The SMILES string of the molecule is O=C(Nc1cccc(NC(=O)[C@@H]2CCCN(C(=O)Nc3ccccc3)C2)c1)c1cccs1. The minimum Gasteiger partial charge on any atom is -0.326 e. The molecule has 4 rings (SSSR count). The van der Waals surface area contributed by atoms with Crippen molar-refractivity contribution in [1.82, 2.24) is 4.90 Å². The Morgan fingerprint density at radius 2 is 1.59 bits per heavy atom. The zero-order valence-corrected chi connectivity index (χ0v) is 18.2. The number of nitrogens with one attached hydrogen (secondary N) is 3. The van der Waals surface area contributed by atoms with Crippen molar-refractivity contribution in [2.75, 3.05) is 29.0 Å². The van der Waals surface area contributed by atoms with Crippen LogP contribution in [0, 0.1) is 5.92 Å². The van der Waals surface area contributed by atoms with Crippen molar-refractivity contribution in [2.45, 2.75) is 12.8 Å². The van der Waals surface area contributed by atoms with Gasteiger partial charge in [-0.3, -0.25) is 9.59 Å². The highest BCUT2D eigenvalue weighted by molar-refractivity contribution is 7.12. The molecule has 164 valence electrons. The number of para-hydroxylation sites is 1. The molecular weight excluding hydrogens is 424 g/mol. The Labute approximate surface area is 190 Å². The van der Waals surface area contributed by atoms with Gasteiger partial charge in [0.2, 0.25) is 5.91 Å². The maximum atomic E-state index is 12.9. The summed E-state index contributed by atoms with van der Waals surface area (Å²) >= 11 is 1.37. The summed E-state index contributed by atoms with van der Waals surface area (Å²) in [5, 5.41) is 10.5. The van der Waals surface area contributed by atoms with Gasteiger partial charge in [-0.25, -0.2) is 4.79 Å². The summed E-state index contributed by atoms with van der Waals surface area (Å²) in [4.78, 5) is 40.0.